The second-order valence-electron chi connectivity index (χ2n) is 8.99. The lowest BCUT2D eigenvalue weighted by atomic mass is 10.1. The molecule has 2 unspecified atom stereocenters. The van der Waals surface area contributed by atoms with E-state index < -0.39 is 17.9 Å². The Bertz CT molecular complexity index is 1390. The van der Waals surface area contributed by atoms with Crippen molar-refractivity contribution in [3.63, 3.8) is 0 Å². The van der Waals surface area contributed by atoms with Gasteiger partial charge in [-0.2, -0.15) is 0 Å². The molecular formula is C29H27Cl2N5O3. The van der Waals surface area contributed by atoms with Crippen molar-refractivity contribution in [3.8, 4) is 0 Å². The van der Waals surface area contributed by atoms with Crippen LogP contribution in [0.3, 0.4) is 0 Å². The number of anilines is 2. The molecule has 2 atom stereocenters. The van der Waals surface area contributed by atoms with Gasteiger partial charge in [-0.3, -0.25) is 9.79 Å². The fourth-order valence-electron chi connectivity index (χ4n) is 3.90. The molecule has 1 aromatic heterocycles. The van der Waals surface area contributed by atoms with Crippen LogP contribution in [0.1, 0.15) is 29.3 Å². The summed E-state index contributed by atoms with van der Waals surface area (Å²) in [5, 5.41) is 12.4. The number of aliphatic carboxylic acids is 1. The van der Waals surface area contributed by atoms with Gasteiger partial charge in [0.1, 0.15) is 6.04 Å². The number of benzene rings is 2. The number of hydrogen-bond acceptors (Lipinski definition) is 6. The van der Waals surface area contributed by atoms with Gasteiger partial charge >= 0.3 is 5.97 Å². The van der Waals surface area contributed by atoms with Crippen molar-refractivity contribution >= 4 is 58.5 Å². The molecule has 4 rings (SSSR count). The Labute approximate surface area is 236 Å². The number of rotatable bonds is 10. The molecule has 8 nitrogen and oxygen atoms in total. The largest absolute Gasteiger partial charge is 0.480 e. The Morgan fingerprint density at radius 2 is 1.79 bits per heavy atom. The molecule has 39 heavy (non-hydrogen) atoms. The number of hydrogen-bond donors (Lipinski definition) is 2. The van der Waals surface area contributed by atoms with Crippen LogP contribution in [0.2, 0.25) is 10.0 Å². The molecule has 3 aromatic rings. The van der Waals surface area contributed by atoms with Gasteiger partial charge in [0.2, 0.25) is 5.95 Å². The maximum absolute atomic E-state index is 12.6. The highest BCUT2D eigenvalue weighted by molar-refractivity contribution is 6.39. The van der Waals surface area contributed by atoms with E-state index in [4.69, 9.17) is 23.2 Å². The predicted octanol–water partition coefficient (Wildman–Crippen LogP) is 5.85. The number of aromatic nitrogens is 2. The van der Waals surface area contributed by atoms with E-state index in [-0.39, 0.29) is 22.0 Å². The van der Waals surface area contributed by atoms with E-state index >= 15 is 0 Å². The van der Waals surface area contributed by atoms with Gasteiger partial charge in [-0.1, -0.05) is 66.6 Å². The third kappa shape index (κ3) is 7.52. The maximum atomic E-state index is 12.6. The average Bonchev–Trinajstić information content (AvgIpc) is 2.93. The zero-order valence-electron chi connectivity index (χ0n) is 21.2. The van der Waals surface area contributed by atoms with Crippen LogP contribution in [0.25, 0.3) is 6.08 Å². The molecule has 0 fully saturated rings. The van der Waals surface area contributed by atoms with Crippen LogP contribution in [0.4, 0.5) is 11.6 Å². The third-order valence-corrected chi connectivity index (χ3v) is 6.62. The number of carbonyl (C=O) groups excluding carboxylic acids is 1. The van der Waals surface area contributed by atoms with Crippen LogP contribution in [0, 0.1) is 5.92 Å². The third-order valence-electron chi connectivity index (χ3n) is 5.99. The Balaban J connectivity index is 1.44. The first-order valence-corrected chi connectivity index (χ1v) is 13.1. The molecule has 1 aliphatic heterocycles. The minimum absolute atomic E-state index is 0.0443. The van der Waals surface area contributed by atoms with E-state index in [2.05, 4.69) is 33.3 Å². The number of amides is 1. The molecule has 0 saturated heterocycles. The van der Waals surface area contributed by atoms with Crippen molar-refractivity contribution in [2.45, 2.75) is 19.4 Å². The molecule has 200 valence electrons. The van der Waals surface area contributed by atoms with Crippen LogP contribution < -0.4 is 10.2 Å². The molecule has 2 aromatic carbocycles. The van der Waals surface area contributed by atoms with Gasteiger partial charge in [0.15, 0.2) is 0 Å². The summed E-state index contributed by atoms with van der Waals surface area (Å²) in [6, 6.07) is 13.0. The number of dihydropyridines is 1. The Kier molecular flexibility index (Phi) is 9.46. The van der Waals surface area contributed by atoms with Crippen LogP contribution in [0.15, 0.2) is 84.1 Å². The molecule has 1 amide bonds. The highest BCUT2D eigenvalue weighted by atomic mass is 35.5. The number of carboxylic acids is 1. The molecule has 0 saturated carbocycles. The first kappa shape index (κ1) is 28.0. The summed E-state index contributed by atoms with van der Waals surface area (Å²) in [5.74, 6) is -0.830. The van der Waals surface area contributed by atoms with Crippen LogP contribution in [0.5, 0.6) is 0 Å². The van der Waals surface area contributed by atoms with Crippen molar-refractivity contribution < 1.29 is 14.7 Å². The molecule has 1 aliphatic rings. The second-order valence-corrected chi connectivity index (χ2v) is 9.81. The number of aliphatic imine (C=N–C) groups is 1. The van der Waals surface area contributed by atoms with Crippen molar-refractivity contribution in [2.24, 2.45) is 10.9 Å². The summed E-state index contributed by atoms with van der Waals surface area (Å²) in [5.41, 5.74) is 2.74. The highest BCUT2D eigenvalue weighted by Crippen LogP contribution is 2.25. The van der Waals surface area contributed by atoms with Gasteiger partial charge < -0.3 is 15.3 Å². The molecular weight excluding hydrogens is 537 g/mol. The first-order valence-electron chi connectivity index (χ1n) is 12.3. The minimum Gasteiger partial charge on any atom is -0.480 e. The van der Waals surface area contributed by atoms with Crippen LogP contribution in [-0.4, -0.2) is 51.8 Å². The summed E-state index contributed by atoms with van der Waals surface area (Å²) >= 11 is 12.2. The SMILES string of the molecule is CC1C=CC(CN(c2ccc(/C=C/CC(NC(=O)c3c(Cl)cccc3Cl)C(=O)O)cc2)c2ncccn2)=NC1. The van der Waals surface area contributed by atoms with Gasteiger partial charge in [0, 0.05) is 24.6 Å². The molecule has 10 heteroatoms. The predicted molar refractivity (Wildman–Crippen MR) is 155 cm³/mol. The molecule has 0 spiro atoms. The molecule has 2 heterocycles. The molecule has 0 bridgehead atoms. The number of nitrogens with one attached hydrogen (secondary N) is 1. The normalized spacial score (nSPS) is 15.6. The molecule has 0 radical (unpaired) electrons. The maximum Gasteiger partial charge on any atom is 0.326 e. The van der Waals surface area contributed by atoms with Crippen molar-refractivity contribution in [3.05, 3.63) is 100 Å². The molecule has 2 N–H and O–H groups in total. The number of carbonyl (C=O) groups is 2. The number of carboxylic acid groups (broad SMARTS) is 1. The Hall–Kier alpha value is -4.01. The zero-order valence-corrected chi connectivity index (χ0v) is 22.7. The lowest BCUT2D eigenvalue weighted by Crippen LogP contribution is -2.40. The van der Waals surface area contributed by atoms with Crippen molar-refractivity contribution in [1.82, 2.24) is 15.3 Å². The van der Waals surface area contributed by atoms with E-state index in [0.717, 1.165) is 23.5 Å². The smallest absolute Gasteiger partial charge is 0.326 e. The second kappa shape index (κ2) is 13.2. The van der Waals surface area contributed by atoms with Crippen LogP contribution in [-0.2, 0) is 4.79 Å². The van der Waals surface area contributed by atoms with E-state index in [1.807, 2.05) is 35.2 Å². The van der Waals surface area contributed by atoms with Gasteiger partial charge in [-0.15, -0.1) is 0 Å². The topological polar surface area (TPSA) is 108 Å². The van der Waals surface area contributed by atoms with Gasteiger partial charge in [0.05, 0.1) is 27.9 Å². The highest BCUT2D eigenvalue weighted by Gasteiger charge is 2.22. The van der Waals surface area contributed by atoms with Crippen molar-refractivity contribution in [1.29, 1.82) is 0 Å². The monoisotopic (exact) mass is 563 g/mol. The van der Waals surface area contributed by atoms with E-state index in [9.17, 15) is 14.7 Å². The summed E-state index contributed by atoms with van der Waals surface area (Å²) in [7, 11) is 0. The summed E-state index contributed by atoms with van der Waals surface area (Å²) < 4.78 is 0. The van der Waals surface area contributed by atoms with E-state index in [1.54, 1.807) is 36.7 Å². The fraction of sp³-hybridized carbons (Fsp3) is 0.207. The fourth-order valence-corrected chi connectivity index (χ4v) is 4.46. The van der Waals surface area contributed by atoms with Gasteiger partial charge in [-0.05, 0) is 54.3 Å². The lowest BCUT2D eigenvalue weighted by Gasteiger charge is -2.24. The zero-order chi connectivity index (χ0) is 27.8. The lowest BCUT2D eigenvalue weighted by molar-refractivity contribution is -0.139. The quantitative estimate of drug-likeness (QED) is 0.320. The standard InChI is InChI=1S/C29H27Cl2N5O3/c1-19-9-12-21(34-17-19)18-36(29-32-15-4-16-33-29)22-13-10-20(11-14-22)5-2-8-25(28(38)39)35-27(37)26-23(30)6-3-7-24(26)31/h2-7,9-16,19,25H,8,17-18H2,1H3,(H,35,37)(H,38,39)/b5-2+. The Morgan fingerprint density at radius 3 is 2.41 bits per heavy atom. The van der Waals surface area contributed by atoms with Crippen molar-refractivity contribution in [2.75, 3.05) is 18.0 Å². The number of halogens is 2. The average molecular weight is 564 g/mol. The van der Waals surface area contributed by atoms with E-state index in [0.29, 0.717) is 18.4 Å². The Morgan fingerprint density at radius 1 is 1.10 bits per heavy atom. The summed E-state index contributed by atoms with van der Waals surface area (Å²) in [4.78, 5) is 39.9. The summed E-state index contributed by atoms with van der Waals surface area (Å²) in [6.45, 7) is 3.41. The minimum atomic E-state index is -1.17. The summed E-state index contributed by atoms with van der Waals surface area (Å²) in [6.07, 6.45) is 11.2. The van der Waals surface area contributed by atoms with E-state index in [1.165, 1.54) is 12.1 Å². The first-order chi connectivity index (χ1) is 18.8. The molecule has 0 aliphatic carbocycles. The van der Waals surface area contributed by atoms with Crippen LogP contribution >= 0.6 is 23.2 Å². The van der Waals surface area contributed by atoms with Gasteiger partial charge in [-0.25, -0.2) is 14.8 Å². The number of nitrogens with zero attached hydrogens (tertiary/aromatic N) is 4. The van der Waals surface area contributed by atoms with Gasteiger partial charge in [0.25, 0.3) is 5.91 Å².